The molecule has 0 aliphatic carbocycles. The van der Waals surface area contributed by atoms with Crippen molar-refractivity contribution in [1.82, 2.24) is 4.98 Å². The van der Waals surface area contributed by atoms with Crippen molar-refractivity contribution in [3.05, 3.63) is 107 Å². The van der Waals surface area contributed by atoms with Crippen LogP contribution in [-0.2, 0) is 4.79 Å². The number of nitrogens with two attached hydrogens (primary N) is 1. The van der Waals surface area contributed by atoms with E-state index in [1.54, 1.807) is 0 Å². The summed E-state index contributed by atoms with van der Waals surface area (Å²) in [7, 11) is 0. The standard InChI is InChI=1S/C24H18N2O3S/c25-24-26-20(21(27)23(28)29)22(30-24)18-14-8-7-13-17(18)19(15-9-3-1-4-10-15)16-11-5-2-6-12-16/h1-14,19H,(H2,25,26)(H,28,29). The molecule has 0 fully saturated rings. The third-order valence-electron chi connectivity index (χ3n) is 4.84. The van der Waals surface area contributed by atoms with Crippen molar-refractivity contribution < 1.29 is 14.7 Å². The number of nitrogen functional groups attached to an aromatic ring is 1. The molecule has 1 aromatic heterocycles. The van der Waals surface area contributed by atoms with Crippen LogP contribution in [0.1, 0.15) is 33.1 Å². The highest BCUT2D eigenvalue weighted by atomic mass is 32.1. The number of aromatic nitrogens is 1. The zero-order valence-electron chi connectivity index (χ0n) is 15.9. The van der Waals surface area contributed by atoms with Gasteiger partial charge in [0, 0.05) is 5.92 Å². The van der Waals surface area contributed by atoms with Gasteiger partial charge in [0.25, 0.3) is 5.78 Å². The molecule has 30 heavy (non-hydrogen) atoms. The van der Waals surface area contributed by atoms with Crippen LogP contribution in [-0.4, -0.2) is 21.8 Å². The third-order valence-corrected chi connectivity index (χ3v) is 5.75. The number of benzene rings is 3. The molecule has 0 radical (unpaired) electrons. The van der Waals surface area contributed by atoms with Gasteiger partial charge >= 0.3 is 5.97 Å². The largest absolute Gasteiger partial charge is 0.475 e. The molecule has 0 saturated heterocycles. The number of aliphatic carboxylic acids is 1. The van der Waals surface area contributed by atoms with Gasteiger partial charge in [-0.3, -0.25) is 4.79 Å². The lowest BCUT2D eigenvalue weighted by molar-refractivity contribution is -0.131. The van der Waals surface area contributed by atoms with Gasteiger partial charge in [-0.2, -0.15) is 0 Å². The fourth-order valence-electron chi connectivity index (χ4n) is 3.57. The lowest BCUT2D eigenvalue weighted by atomic mass is 9.82. The third kappa shape index (κ3) is 3.73. The molecule has 0 aliphatic heterocycles. The van der Waals surface area contributed by atoms with Gasteiger partial charge in [-0.25, -0.2) is 9.78 Å². The van der Waals surface area contributed by atoms with Gasteiger partial charge in [0.1, 0.15) is 5.69 Å². The van der Waals surface area contributed by atoms with Gasteiger partial charge in [0.15, 0.2) is 5.13 Å². The number of ketones is 1. The molecule has 0 saturated carbocycles. The monoisotopic (exact) mass is 414 g/mol. The van der Waals surface area contributed by atoms with E-state index in [0.717, 1.165) is 33.6 Å². The van der Waals surface area contributed by atoms with E-state index in [1.807, 2.05) is 60.7 Å². The number of carboxylic acid groups (broad SMARTS) is 1. The fraction of sp³-hybridized carbons (Fsp3) is 0.0417. The number of hydrogen-bond donors (Lipinski definition) is 2. The molecule has 0 aliphatic rings. The maximum atomic E-state index is 12.3. The predicted octanol–water partition coefficient (Wildman–Crippen LogP) is 4.84. The summed E-state index contributed by atoms with van der Waals surface area (Å²) in [5, 5.41) is 9.38. The number of thiazole rings is 1. The van der Waals surface area contributed by atoms with Crippen LogP contribution in [0, 0.1) is 0 Å². The molecule has 0 spiro atoms. The summed E-state index contributed by atoms with van der Waals surface area (Å²) in [6, 6.07) is 27.7. The maximum Gasteiger partial charge on any atom is 0.378 e. The van der Waals surface area contributed by atoms with Crippen LogP contribution in [0.2, 0.25) is 0 Å². The molecule has 5 nitrogen and oxygen atoms in total. The summed E-state index contributed by atoms with van der Waals surface area (Å²) in [6.07, 6.45) is 0. The van der Waals surface area contributed by atoms with Crippen LogP contribution in [0.5, 0.6) is 0 Å². The fourth-order valence-corrected chi connectivity index (χ4v) is 4.45. The SMILES string of the molecule is Nc1nc(C(=O)C(=O)O)c(-c2ccccc2C(c2ccccc2)c2ccccc2)s1. The van der Waals surface area contributed by atoms with Crippen LogP contribution >= 0.6 is 11.3 Å². The summed E-state index contributed by atoms with van der Waals surface area (Å²) < 4.78 is 0. The van der Waals surface area contributed by atoms with E-state index >= 15 is 0 Å². The zero-order valence-corrected chi connectivity index (χ0v) is 16.7. The quantitative estimate of drug-likeness (QED) is 0.267. The second kappa shape index (κ2) is 8.31. The number of Topliss-reactive ketones (excluding diaryl/α,β-unsaturated/α-hetero) is 1. The van der Waals surface area contributed by atoms with Crippen LogP contribution < -0.4 is 5.73 Å². The van der Waals surface area contributed by atoms with Crippen molar-refractivity contribution in [1.29, 1.82) is 0 Å². The van der Waals surface area contributed by atoms with Crippen LogP contribution in [0.3, 0.4) is 0 Å². The van der Waals surface area contributed by atoms with Crippen molar-refractivity contribution in [3.8, 4) is 10.4 Å². The van der Waals surface area contributed by atoms with Crippen molar-refractivity contribution in [2.24, 2.45) is 0 Å². The molecule has 0 unspecified atom stereocenters. The Hall–Kier alpha value is -3.77. The number of anilines is 1. The van der Waals surface area contributed by atoms with E-state index in [9.17, 15) is 14.7 Å². The van der Waals surface area contributed by atoms with Gasteiger partial charge in [0.05, 0.1) is 4.88 Å². The Morgan fingerprint density at radius 2 is 1.37 bits per heavy atom. The zero-order chi connectivity index (χ0) is 21.1. The molecule has 4 rings (SSSR count). The molecule has 148 valence electrons. The average molecular weight is 414 g/mol. The van der Waals surface area contributed by atoms with Crippen LogP contribution in [0.15, 0.2) is 84.9 Å². The smallest absolute Gasteiger partial charge is 0.378 e. The van der Waals surface area contributed by atoms with E-state index in [4.69, 9.17) is 5.73 Å². The first-order valence-corrected chi connectivity index (χ1v) is 10.1. The van der Waals surface area contributed by atoms with E-state index in [2.05, 4.69) is 29.2 Å². The number of hydrogen-bond acceptors (Lipinski definition) is 5. The molecule has 0 bridgehead atoms. The molecular formula is C24H18N2O3S. The van der Waals surface area contributed by atoms with Crippen molar-refractivity contribution >= 4 is 28.2 Å². The Kier molecular flexibility index (Phi) is 5.41. The number of carbonyl (C=O) groups is 2. The Bertz CT molecular complexity index is 1160. The minimum absolute atomic E-state index is 0.111. The van der Waals surface area contributed by atoms with Crippen molar-refractivity contribution in [2.45, 2.75) is 5.92 Å². The number of nitrogens with zero attached hydrogens (tertiary/aromatic N) is 1. The number of carbonyl (C=O) groups excluding carboxylic acids is 1. The Labute approximate surface area is 177 Å². The van der Waals surface area contributed by atoms with Crippen molar-refractivity contribution in [2.75, 3.05) is 5.73 Å². The second-order valence-electron chi connectivity index (χ2n) is 6.71. The van der Waals surface area contributed by atoms with E-state index in [1.165, 1.54) is 0 Å². The molecule has 4 aromatic rings. The lowest BCUT2D eigenvalue weighted by Crippen LogP contribution is -2.14. The van der Waals surface area contributed by atoms with Gasteiger partial charge in [-0.05, 0) is 22.3 Å². The normalized spacial score (nSPS) is 10.8. The van der Waals surface area contributed by atoms with E-state index in [0.29, 0.717) is 4.88 Å². The first-order valence-electron chi connectivity index (χ1n) is 9.29. The molecule has 6 heteroatoms. The molecule has 0 atom stereocenters. The summed E-state index contributed by atoms with van der Waals surface area (Å²) in [5.41, 5.74) is 9.59. The van der Waals surface area contributed by atoms with E-state index in [-0.39, 0.29) is 16.7 Å². The van der Waals surface area contributed by atoms with Gasteiger partial charge < -0.3 is 10.8 Å². The van der Waals surface area contributed by atoms with Crippen LogP contribution in [0.25, 0.3) is 10.4 Å². The van der Waals surface area contributed by atoms with Crippen molar-refractivity contribution in [3.63, 3.8) is 0 Å². The molecule has 0 amide bonds. The maximum absolute atomic E-state index is 12.3. The summed E-state index contributed by atoms with van der Waals surface area (Å²) in [5.74, 6) is -2.73. The highest BCUT2D eigenvalue weighted by Gasteiger charge is 2.27. The lowest BCUT2D eigenvalue weighted by Gasteiger charge is -2.21. The Balaban J connectivity index is 1.95. The first-order chi connectivity index (χ1) is 14.6. The number of rotatable bonds is 6. The summed E-state index contributed by atoms with van der Waals surface area (Å²) >= 11 is 1.12. The minimum Gasteiger partial charge on any atom is -0.475 e. The Morgan fingerprint density at radius 3 is 1.93 bits per heavy atom. The topological polar surface area (TPSA) is 93.3 Å². The van der Waals surface area contributed by atoms with E-state index < -0.39 is 11.8 Å². The van der Waals surface area contributed by atoms with Gasteiger partial charge in [0.2, 0.25) is 0 Å². The Morgan fingerprint density at radius 1 is 0.833 bits per heavy atom. The first kappa shape index (κ1) is 19.5. The van der Waals surface area contributed by atoms with Gasteiger partial charge in [-0.15, -0.1) is 0 Å². The molecule has 1 heterocycles. The minimum atomic E-state index is -1.55. The highest BCUT2D eigenvalue weighted by Crippen LogP contribution is 2.41. The second-order valence-corrected chi connectivity index (χ2v) is 7.74. The molecular weight excluding hydrogens is 396 g/mol. The number of carboxylic acids is 1. The molecule has 3 N–H and O–H groups in total. The summed E-state index contributed by atoms with van der Waals surface area (Å²) in [6.45, 7) is 0. The van der Waals surface area contributed by atoms with Crippen LogP contribution in [0.4, 0.5) is 5.13 Å². The average Bonchev–Trinajstić information content (AvgIpc) is 3.16. The summed E-state index contributed by atoms with van der Waals surface area (Å²) in [4.78, 5) is 28.1. The highest BCUT2D eigenvalue weighted by molar-refractivity contribution is 7.19. The van der Waals surface area contributed by atoms with Gasteiger partial charge in [-0.1, -0.05) is 96.3 Å². The molecule has 3 aromatic carbocycles. The predicted molar refractivity (Wildman–Crippen MR) is 118 cm³/mol.